The Morgan fingerprint density at radius 1 is 0.941 bits per heavy atom. The van der Waals surface area contributed by atoms with Crippen LogP contribution in [0, 0.1) is 0 Å². The second-order valence-corrected chi connectivity index (χ2v) is 10.2. The number of hydrogen-bond acceptors (Lipinski definition) is 8. The highest BCUT2D eigenvalue weighted by Crippen LogP contribution is 2.25. The fourth-order valence-electron chi connectivity index (χ4n) is 3.35. The first kappa shape index (κ1) is 23.6. The van der Waals surface area contributed by atoms with E-state index in [1.165, 1.54) is 12.6 Å². The average molecular weight is 478 g/mol. The number of anilines is 2. The van der Waals surface area contributed by atoms with Crippen LogP contribution in [0.5, 0.6) is 5.75 Å². The molecule has 4 aromatic rings. The molecule has 2 aromatic heterocycles. The van der Waals surface area contributed by atoms with Crippen molar-refractivity contribution in [2.45, 2.75) is 13.0 Å². The molecule has 0 saturated heterocycles. The highest BCUT2D eigenvalue weighted by molar-refractivity contribution is 7.90. The normalized spacial score (nSPS) is 11.4. The van der Waals surface area contributed by atoms with Crippen LogP contribution in [0.25, 0.3) is 10.9 Å². The first-order valence-corrected chi connectivity index (χ1v) is 13.0. The first-order chi connectivity index (χ1) is 16.5. The molecule has 0 fully saturated rings. The second kappa shape index (κ2) is 11.0. The Balaban J connectivity index is 1.38. The van der Waals surface area contributed by atoms with E-state index in [0.29, 0.717) is 31.9 Å². The Morgan fingerprint density at radius 2 is 1.74 bits per heavy atom. The third kappa shape index (κ3) is 6.97. The van der Waals surface area contributed by atoms with E-state index in [1.807, 2.05) is 60.7 Å². The lowest BCUT2D eigenvalue weighted by molar-refractivity contribution is 0.306. The van der Waals surface area contributed by atoms with Crippen molar-refractivity contribution in [1.82, 2.24) is 20.3 Å². The monoisotopic (exact) mass is 477 g/mol. The van der Waals surface area contributed by atoms with Crippen molar-refractivity contribution < 1.29 is 13.2 Å². The van der Waals surface area contributed by atoms with Crippen molar-refractivity contribution in [3.05, 3.63) is 84.4 Å². The van der Waals surface area contributed by atoms with Gasteiger partial charge >= 0.3 is 0 Å². The Kier molecular flexibility index (Phi) is 7.66. The molecule has 176 valence electrons. The number of nitrogens with zero attached hydrogens (tertiary/aromatic N) is 3. The van der Waals surface area contributed by atoms with Crippen LogP contribution in [-0.4, -0.2) is 48.5 Å². The molecular formula is C25H27N5O3S. The summed E-state index contributed by atoms with van der Waals surface area (Å²) in [7, 11) is -2.96. The van der Waals surface area contributed by atoms with Crippen molar-refractivity contribution >= 4 is 32.2 Å². The lowest BCUT2D eigenvalue weighted by atomic mass is 10.2. The zero-order chi connectivity index (χ0) is 23.8. The van der Waals surface area contributed by atoms with Crippen LogP contribution in [0.4, 0.5) is 11.5 Å². The van der Waals surface area contributed by atoms with Crippen LogP contribution < -0.4 is 15.4 Å². The summed E-state index contributed by atoms with van der Waals surface area (Å²) in [5.74, 6) is 1.60. The molecule has 0 amide bonds. The van der Waals surface area contributed by atoms with Crippen LogP contribution in [0.3, 0.4) is 0 Å². The van der Waals surface area contributed by atoms with Crippen LogP contribution in [0.1, 0.15) is 11.3 Å². The predicted molar refractivity (Wildman–Crippen MR) is 134 cm³/mol. The van der Waals surface area contributed by atoms with E-state index in [9.17, 15) is 8.42 Å². The van der Waals surface area contributed by atoms with Gasteiger partial charge in [0.05, 0.1) is 17.5 Å². The molecule has 0 unspecified atom stereocenters. The minimum Gasteiger partial charge on any atom is -0.489 e. The number of benzene rings is 2. The van der Waals surface area contributed by atoms with Crippen molar-refractivity contribution in [3.63, 3.8) is 0 Å². The Labute approximate surface area is 199 Å². The smallest absolute Gasteiger partial charge is 0.148 e. The van der Waals surface area contributed by atoms with Gasteiger partial charge in [0.1, 0.15) is 34.3 Å². The van der Waals surface area contributed by atoms with E-state index in [4.69, 9.17) is 4.74 Å². The summed E-state index contributed by atoms with van der Waals surface area (Å²) in [4.78, 5) is 13.2. The van der Waals surface area contributed by atoms with Crippen molar-refractivity contribution in [1.29, 1.82) is 0 Å². The second-order valence-electron chi connectivity index (χ2n) is 7.97. The summed E-state index contributed by atoms with van der Waals surface area (Å²) in [5.41, 5.74) is 3.62. The van der Waals surface area contributed by atoms with Gasteiger partial charge in [-0.3, -0.25) is 4.98 Å². The largest absolute Gasteiger partial charge is 0.489 e. The van der Waals surface area contributed by atoms with E-state index >= 15 is 0 Å². The van der Waals surface area contributed by atoms with Gasteiger partial charge in [0.25, 0.3) is 0 Å². The predicted octanol–water partition coefficient (Wildman–Crippen LogP) is 3.52. The third-order valence-corrected chi connectivity index (χ3v) is 6.10. The quantitative estimate of drug-likeness (QED) is 0.316. The Morgan fingerprint density at radius 3 is 2.50 bits per heavy atom. The summed E-state index contributed by atoms with van der Waals surface area (Å²) >= 11 is 0. The molecule has 0 bridgehead atoms. The van der Waals surface area contributed by atoms with Crippen LogP contribution in [0.2, 0.25) is 0 Å². The maximum Gasteiger partial charge on any atom is 0.148 e. The number of fused-ring (bicyclic) bond motifs is 1. The maximum atomic E-state index is 11.2. The molecule has 0 aliphatic carbocycles. The standard InChI is InChI=1S/C25H27N5O3S/c1-34(31,32)14-13-26-12-11-21-15-23-24(16-27-21)28-18-29-25(23)30-20-7-9-22(10-8-20)33-17-19-5-3-2-4-6-19/h2-10,15-16,18,26H,11-14,17H2,1H3,(H,28,29,30). The fourth-order valence-corrected chi connectivity index (χ4v) is 3.86. The molecule has 2 heterocycles. The number of pyridine rings is 1. The molecule has 2 N–H and O–H groups in total. The van der Waals surface area contributed by atoms with Crippen LogP contribution in [-0.2, 0) is 22.9 Å². The Hall–Kier alpha value is -3.56. The van der Waals surface area contributed by atoms with E-state index in [2.05, 4.69) is 25.6 Å². The molecule has 2 aromatic carbocycles. The number of nitrogens with one attached hydrogen (secondary N) is 2. The molecule has 0 saturated carbocycles. The summed E-state index contributed by atoms with van der Waals surface area (Å²) < 4.78 is 28.3. The van der Waals surface area contributed by atoms with E-state index in [1.54, 1.807) is 6.20 Å². The van der Waals surface area contributed by atoms with Gasteiger partial charge in [-0.2, -0.15) is 0 Å². The van der Waals surface area contributed by atoms with Gasteiger partial charge in [-0.15, -0.1) is 0 Å². The molecule has 0 aliphatic rings. The number of hydrogen-bond donors (Lipinski definition) is 2. The molecule has 0 spiro atoms. The summed E-state index contributed by atoms with van der Waals surface area (Å²) in [6, 6.07) is 19.7. The summed E-state index contributed by atoms with van der Waals surface area (Å²) in [6.07, 6.45) is 5.14. The van der Waals surface area contributed by atoms with Gasteiger partial charge in [0.15, 0.2) is 0 Å². The minimum atomic E-state index is -2.96. The van der Waals surface area contributed by atoms with E-state index < -0.39 is 9.84 Å². The molecule has 0 atom stereocenters. The van der Waals surface area contributed by atoms with Gasteiger partial charge in [0.2, 0.25) is 0 Å². The Bertz CT molecular complexity index is 1330. The van der Waals surface area contributed by atoms with E-state index in [-0.39, 0.29) is 5.75 Å². The van der Waals surface area contributed by atoms with Gasteiger partial charge in [-0.25, -0.2) is 18.4 Å². The zero-order valence-corrected chi connectivity index (χ0v) is 19.8. The lowest BCUT2D eigenvalue weighted by Gasteiger charge is -2.11. The van der Waals surface area contributed by atoms with Crippen molar-refractivity contribution in [2.24, 2.45) is 0 Å². The summed E-state index contributed by atoms with van der Waals surface area (Å²) in [6.45, 7) is 1.57. The molecular weight excluding hydrogens is 450 g/mol. The molecule has 4 rings (SSSR count). The molecule has 34 heavy (non-hydrogen) atoms. The average Bonchev–Trinajstić information content (AvgIpc) is 2.84. The first-order valence-electron chi connectivity index (χ1n) is 11.0. The maximum absolute atomic E-state index is 11.2. The zero-order valence-electron chi connectivity index (χ0n) is 18.9. The van der Waals surface area contributed by atoms with Crippen molar-refractivity contribution in [3.8, 4) is 5.75 Å². The highest BCUT2D eigenvalue weighted by Gasteiger charge is 2.08. The summed E-state index contributed by atoms with van der Waals surface area (Å²) in [5, 5.41) is 7.36. The molecule has 0 aliphatic heterocycles. The number of sulfone groups is 1. The minimum absolute atomic E-state index is 0.121. The highest BCUT2D eigenvalue weighted by atomic mass is 32.2. The van der Waals surface area contributed by atoms with Gasteiger partial charge in [0, 0.05) is 42.5 Å². The van der Waals surface area contributed by atoms with Crippen LogP contribution >= 0.6 is 0 Å². The third-order valence-electron chi connectivity index (χ3n) is 5.15. The molecule has 9 heteroatoms. The SMILES string of the molecule is CS(=O)(=O)CCNCCc1cc2c(Nc3ccc(OCc4ccccc4)cc3)ncnc2cn1. The van der Waals surface area contributed by atoms with Gasteiger partial charge < -0.3 is 15.4 Å². The van der Waals surface area contributed by atoms with Crippen molar-refractivity contribution in [2.75, 3.05) is 30.4 Å². The topological polar surface area (TPSA) is 106 Å². The fraction of sp³-hybridized carbons (Fsp3) is 0.240. The van der Waals surface area contributed by atoms with Gasteiger partial charge in [-0.05, 0) is 35.9 Å². The van der Waals surface area contributed by atoms with Gasteiger partial charge in [-0.1, -0.05) is 30.3 Å². The van der Waals surface area contributed by atoms with Crippen LogP contribution in [0.15, 0.2) is 73.2 Å². The number of rotatable bonds is 11. The lowest BCUT2D eigenvalue weighted by Crippen LogP contribution is -2.24. The molecule has 8 nitrogen and oxygen atoms in total. The number of ether oxygens (including phenoxy) is 1. The number of aromatic nitrogens is 3. The van der Waals surface area contributed by atoms with E-state index in [0.717, 1.165) is 33.6 Å². The molecule has 0 radical (unpaired) electrons.